The van der Waals surface area contributed by atoms with E-state index >= 15 is 0 Å². The van der Waals surface area contributed by atoms with Crippen molar-refractivity contribution in [3.8, 4) is 0 Å². The van der Waals surface area contributed by atoms with Gasteiger partial charge in [0.1, 0.15) is 0 Å². The number of rotatable bonds is 3. The number of hydrogen-bond donors (Lipinski definition) is 1. The fourth-order valence-electron chi connectivity index (χ4n) is 2.59. The van der Waals surface area contributed by atoms with Crippen molar-refractivity contribution in [2.45, 2.75) is 25.1 Å². The van der Waals surface area contributed by atoms with E-state index in [1.54, 1.807) is 10.9 Å². The zero-order valence-electron chi connectivity index (χ0n) is 12.7. The van der Waals surface area contributed by atoms with Crippen LogP contribution in [0.4, 0.5) is 18.9 Å². The number of nitrogens with one attached hydrogen (secondary N) is 1. The van der Waals surface area contributed by atoms with E-state index in [2.05, 4.69) is 10.4 Å². The summed E-state index contributed by atoms with van der Waals surface area (Å²) in [4.78, 5) is 12.1. The van der Waals surface area contributed by atoms with Crippen molar-refractivity contribution in [2.75, 3.05) is 18.5 Å². The molecule has 0 atom stereocenters. The summed E-state index contributed by atoms with van der Waals surface area (Å²) in [5.41, 5.74) is -0.458. The van der Waals surface area contributed by atoms with E-state index in [0.717, 1.165) is 25.0 Å². The summed E-state index contributed by atoms with van der Waals surface area (Å²) in [5, 5.41) is 6.79. The van der Waals surface area contributed by atoms with E-state index in [9.17, 15) is 18.0 Å². The van der Waals surface area contributed by atoms with Crippen molar-refractivity contribution in [2.24, 2.45) is 0 Å². The summed E-state index contributed by atoms with van der Waals surface area (Å²) in [6.45, 7) is 1.33. The van der Waals surface area contributed by atoms with Gasteiger partial charge in [-0.3, -0.25) is 9.48 Å². The predicted octanol–water partition coefficient (Wildman–Crippen LogP) is 3.51. The lowest BCUT2D eigenvalue weighted by Crippen LogP contribution is -2.19. The molecule has 1 N–H and O–H groups in total. The van der Waals surface area contributed by atoms with Gasteiger partial charge in [0.05, 0.1) is 23.5 Å². The molecule has 8 heteroatoms. The second-order valence-electron chi connectivity index (χ2n) is 5.59. The number of alkyl halides is 3. The van der Waals surface area contributed by atoms with Crippen molar-refractivity contribution >= 4 is 11.6 Å². The standard InChI is InChI=1S/C16H16F3N3O2/c17-16(18,19)12-3-1-2-11(8-12)15(23)21-13-9-20-22(10-13)14-4-6-24-7-5-14/h1-3,8-10,14H,4-7H2,(H,21,23). The minimum Gasteiger partial charge on any atom is -0.381 e. The number of anilines is 1. The van der Waals surface area contributed by atoms with E-state index in [1.165, 1.54) is 18.3 Å². The molecule has 1 fully saturated rings. The lowest BCUT2D eigenvalue weighted by Gasteiger charge is -2.22. The second-order valence-corrected chi connectivity index (χ2v) is 5.59. The van der Waals surface area contributed by atoms with Crippen LogP contribution in [0.3, 0.4) is 0 Å². The van der Waals surface area contributed by atoms with E-state index < -0.39 is 17.6 Å². The van der Waals surface area contributed by atoms with Gasteiger partial charge in [-0.15, -0.1) is 0 Å². The van der Waals surface area contributed by atoms with Crippen LogP contribution in [0.5, 0.6) is 0 Å². The van der Waals surface area contributed by atoms with Crippen LogP contribution < -0.4 is 5.32 Å². The number of hydrogen-bond acceptors (Lipinski definition) is 3. The first-order valence-corrected chi connectivity index (χ1v) is 7.54. The molecule has 1 aliphatic rings. The number of carbonyl (C=O) groups is 1. The van der Waals surface area contributed by atoms with Crippen molar-refractivity contribution < 1.29 is 22.7 Å². The third-order valence-electron chi connectivity index (χ3n) is 3.88. The first-order valence-electron chi connectivity index (χ1n) is 7.54. The maximum atomic E-state index is 12.7. The molecule has 3 rings (SSSR count). The summed E-state index contributed by atoms with van der Waals surface area (Å²) in [5.74, 6) is -0.604. The molecule has 1 amide bonds. The zero-order chi connectivity index (χ0) is 17.2. The molecule has 2 heterocycles. The minimum atomic E-state index is -4.48. The van der Waals surface area contributed by atoms with Gasteiger partial charge in [0.25, 0.3) is 5.91 Å². The van der Waals surface area contributed by atoms with Gasteiger partial charge in [0.2, 0.25) is 0 Å². The Morgan fingerprint density at radius 3 is 2.75 bits per heavy atom. The molecule has 24 heavy (non-hydrogen) atoms. The Balaban J connectivity index is 1.70. The van der Waals surface area contributed by atoms with Crippen LogP contribution >= 0.6 is 0 Å². The quantitative estimate of drug-likeness (QED) is 0.931. The second kappa shape index (κ2) is 6.64. The molecule has 5 nitrogen and oxygen atoms in total. The number of amides is 1. The molecule has 2 aromatic rings. The fourth-order valence-corrected chi connectivity index (χ4v) is 2.59. The van der Waals surface area contributed by atoms with Gasteiger partial charge in [-0.2, -0.15) is 18.3 Å². The first-order chi connectivity index (χ1) is 11.4. The molecule has 0 spiro atoms. The molecule has 0 radical (unpaired) electrons. The van der Waals surface area contributed by atoms with Crippen LogP contribution in [0.25, 0.3) is 0 Å². The molecular formula is C16H16F3N3O2. The SMILES string of the molecule is O=C(Nc1cnn(C2CCOCC2)c1)c1cccc(C(F)(F)F)c1. The Morgan fingerprint density at radius 1 is 1.29 bits per heavy atom. The highest BCUT2D eigenvalue weighted by molar-refractivity contribution is 6.04. The Morgan fingerprint density at radius 2 is 2.04 bits per heavy atom. The predicted molar refractivity (Wildman–Crippen MR) is 80.7 cm³/mol. The highest BCUT2D eigenvalue weighted by Gasteiger charge is 2.30. The van der Waals surface area contributed by atoms with Crippen LogP contribution in [-0.2, 0) is 10.9 Å². The zero-order valence-corrected chi connectivity index (χ0v) is 12.7. The molecule has 1 saturated heterocycles. The van der Waals surface area contributed by atoms with Gasteiger partial charge < -0.3 is 10.1 Å². The topological polar surface area (TPSA) is 56.2 Å². The summed E-state index contributed by atoms with van der Waals surface area (Å²) < 4.78 is 45.2. The van der Waals surface area contributed by atoms with Crippen molar-refractivity contribution in [1.29, 1.82) is 0 Å². The third-order valence-corrected chi connectivity index (χ3v) is 3.88. The molecule has 0 aliphatic carbocycles. The van der Waals surface area contributed by atoms with Crippen molar-refractivity contribution in [1.82, 2.24) is 9.78 Å². The molecule has 0 saturated carbocycles. The van der Waals surface area contributed by atoms with Gasteiger partial charge in [-0.25, -0.2) is 0 Å². The average molecular weight is 339 g/mol. The molecule has 0 unspecified atom stereocenters. The Kier molecular flexibility index (Phi) is 4.57. The highest BCUT2D eigenvalue weighted by atomic mass is 19.4. The normalized spacial score (nSPS) is 16.1. The van der Waals surface area contributed by atoms with Crippen molar-refractivity contribution in [3.63, 3.8) is 0 Å². The van der Waals surface area contributed by atoms with Crippen molar-refractivity contribution in [3.05, 3.63) is 47.8 Å². The van der Waals surface area contributed by atoms with Gasteiger partial charge in [0, 0.05) is 25.0 Å². The van der Waals surface area contributed by atoms with E-state index in [1.807, 2.05) is 0 Å². The number of carbonyl (C=O) groups excluding carboxylic acids is 1. The Labute approximate surface area is 136 Å². The largest absolute Gasteiger partial charge is 0.416 e. The average Bonchev–Trinajstić information content (AvgIpc) is 3.03. The lowest BCUT2D eigenvalue weighted by atomic mass is 10.1. The summed E-state index contributed by atoms with van der Waals surface area (Å²) in [6, 6.07) is 4.52. The maximum Gasteiger partial charge on any atom is 0.416 e. The number of aromatic nitrogens is 2. The monoisotopic (exact) mass is 339 g/mol. The number of nitrogens with zero attached hydrogens (tertiary/aromatic N) is 2. The first kappa shape index (κ1) is 16.5. The van der Waals surface area contributed by atoms with E-state index in [0.29, 0.717) is 18.9 Å². The third kappa shape index (κ3) is 3.76. The molecule has 0 bridgehead atoms. The highest BCUT2D eigenvalue weighted by Crippen LogP contribution is 2.29. The smallest absolute Gasteiger partial charge is 0.381 e. The molecule has 128 valence electrons. The molecule has 1 aromatic carbocycles. The fraction of sp³-hybridized carbons (Fsp3) is 0.375. The van der Waals surface area contributed by atoms with Crippen LogP contribution in [0.1, 0.15) is 34.8 Å². The maximum absolute atomic E-state index is 12.7. The Bertz CT molecular complexity index is 721. The van der Waals surface area contributed by atoms with Crippen LogP contribution in [-0.4, -0.2) is 28.9 Å². The molecule has 1 aromatic heterocycles. The number of ether oxygens (including phenoxy) is 1. The summed E-state index contributed by atoms with van der Waals surface area (Å²) in [7, 11) is 0. The minimum absolute atomic E-state index is 0.0522. The van der Waals surface area contributed by atoms with E-state index in [4.69, 9.17) is 4.74 Å². The Hall–Kier alpha value is -2.35. The number of benzene rings is 1. The molecular weight excluding hydrogens is 323 g/mol. The number of halogens is 3. The summed E-state index contributed by atoms with van der Waals surface area (Å²) >= 11 is 0. The van der Waals surface area contributed by atoms with Gasteiger partial charge in [0.15, 0.2) is 0 Å². The van der Waals surface area contributed by atoms with Crippen LogP contribution in [0.2, 0.25) is 0 Å². The van der Waals surface area contributed by atoms with Crippen LogP contribution in [0.15, 0.2) is 36.7 Å². The summed E-state index contributed by atoms with van der Waals surface area (Å²) in [6.07, 6.45) is 0.359. The van der Waals surface area contributed by atoms with Gasteiger partial charge in [-0.1, -0.05) is 6.07 Å². The van der Waals surface area contributed by atoms with Gasteiger partial charge >= 0.3 is 6.18 Å². The lowest BCUT2D eigenvalue weighted by molar-refractivity contribution is -0.137. The van der Waals surface area contributed by atoms with E-state index in [-0.39, 0.29) is 11.6 Å². The molecule has 1 aliphatic heterocycles. The van der Waals surface area contributed by atoms with Crippen LogP contribution in [0, 0.1) is 0 Å². The van der Waals surface area contributed by atoms with Gasteiger partial charge in [-0.05, 0) is 31.0 Å².